The van der Waals surface area contributed by atoms with Gasteiger partial charge in [-0.3, -0.25) is 5.10 Å². The first kappa shape index (κ1) is 17.1. The zero-order valence-electron chi connectivity index (χ0n) is 15.6. The van der Waals surface area contributed by atoms with Crippen molar-refractivity contribution < 1.29 is 0 Å². The molecule has 0 radical (unpaired) electrons. The molecule has 0 bridgehead atoms. The normalized spacial score (nSPS) is 10.9. The lowest BCUT2D eigenvalue weighted by Gasteiger charge is -2.09. The van der Waals surface area contributed by atoms with Gasteiger partial charge in [0.25, 0.3) is 0 Å². The van der Waals surface area contributed by atoms with Crippen molar-refractivity contribution in [2.45, 2.75) is 6.54 Å². The maximum Gasteiger partial charge on any atom is 0.126 e. The fourth-order valence-corrected chi connectivity index (χ4v) is 3.28. The standard InChI is InChI=1S/C23H18N6/c1-3-17(21-10-24-15-25-11-21)4-2-16(1)9-26-23-8-20-7-18(22-13-28-29-14-22)5-6-19(20)12-27-23/h1-8,10-15H,9H2,(H,26,27)(H,28,29). The Kier molecular flexibility index (Phi) is 4.42. The smallest absolute Gasteiger partial charge is 0.126 e. The maximum absolute atomic E-state index is 4.53. The van der Waals surface area contributed by atoms with Crippen molar-refractivity contribution in [3.05, 3.63) is 91.4 Å². The number of fused-ring (bicyclic) bond motifs is 1. The van der Waals surface area contributed by atoms with Crippen molar-refractivity contribution in [1.82, 2.24) is 25.1 Å². The Bertz CT molecular complexity index is 1230. The first-order chi connectivity index (χ1) is 14.3. The molecular weight excluding hydrogens is 360 g/mol. The van der Waals surface area contributed by atoms with Crippen LogP contribution in [0, 0.1) is 0 Å². The third kappa shape index (κ3) is 3.68. The van der Waals surface area contributed by atoms with Crippen LogP contribution >= 0.6 is 0 Å². The van der Waals surface area contributed by atoms with Gasteiger partial charge in [-0.15, -0.1) is 0 Å². The van der Waals surface area contributed by atoms with Gasteiger partial charge in [0.15, 0.2) is 0 Å². The van der Waals surface area contributed by atoms with Crippen LogP contribution in [0.1, 0.15) is 5.56 Å². The van der Waals surface area contributed by atoms with Crippen molar-refractivity contribution in [3.63, 3.8) is 0 Å². The number of anilines is 1. The summed E-state index contributed by atoms with van der Waals surface area (Å²) in [6, 6.07) is 16.8. The van der Waals surface area contributed by atoms with Gasteiger partial charge in [0.2, 0.25) is 0 Å². The van der Waals surface area contributed by atoms with Crippen LogP contribution in [0.2, 0.25) is 0 Å². The van der Waals surface area contributed by atoms with Crippen molar-refractivity contribution in [3.8, 4) is 22.3 Å². The molecule has 0 amide bonds. The minimum absolute atomic E-state index is 0.700. The summed E-state index contributed by atoms with van der Waals surface area (Å²) < 4.78 is 0. The second-order valence-electron chi connectivity index (χ2n) is 6.80. The molecule has 0 spiro atoms. The second kappa shape index (κ2) is 7.52. The molecule has 140 valence electrons. The van der Waals surface area contributed by atoms with Gasteiger partial charge in [-0.05, 0) is 34.2 Å². The van der Waals surface area contributed by atoms with E-state index >= 15 is 0 Å². The topological polar surface area (TPSA) is 79.4 Å². The van der Waals surface area contributed by atoms with E-state index in [1.54, 1.807) is 0 Å². The van der Waals surface area contributed by atoms with Gasteiger partial charge < -0.3 is 5.32 Å². The summed E-state index contributed by atoms with van der Waals surface area (Å²) >= 11 is 0. The van der Waals surface area contributed by atoms with E-state index in [2.05, 4.69) is 79.0 Å². The molecule has 6 heteroatoms. The molecule has 0 saturated heterocycles. The average molecular weight is 378 g/mol. The summed E-state index contributed by atoms with van der Waals surface area (Å²) in [7, 11) is 0. The molecule has 5 aromatic rings. The lowest BCUT2D eigenvalue weighted by atomic mass is 10.0. The number of benzene rings is 2. The molecule has 3 heterocycles. The number of aromatic amines is 1. The van der Waals surface area contributed by atoms with E-state index in [4.69, 9.17) is 0 Å². The molecule has 0 unspecified atom stereocenters. The zero-order chi connectivity index (χ0) is 19.5. The molecule has 3 aromatic heterocycles. The molecule has 0 aliphatic rings. The maximum atomic E-state index is 4.53. The monoisotopic (exact) mass is 378 g/mol. The third-order valence-corrected chi connectivity index (χ3v) is 4.87. The Morgan fingerprint density at radius 2 is 1.55 bits per heavy atom. The van der Waals surface area contributed by atoms with E-state index in [1.807, 2.05) is 31.0 Å². The van der Waals surface area contributed by atoms with E-state index in [0.29, 0.717) is 6.54 Å². The summed E-state index contributed by atoms with van der Waals surface area (Å²) in [4.78, 5) is 12.7. The summed E-state index contributed by atoms with van der Waals surface area (Å²) in [5.74, 6) is 0.849. The molecule has 5 rings (SSSR count). The van der Waals surface area contributed by atoms with E-state index in [9.17, 15) is 0 Å². The number of aromatic nitrogens is 5. The first-order valence-corrected chi connectivity index (χ1v) is 9.32. The van der Waals surface area contributed by atoms with Crippen molar-refractivity contribution >= 4 is 16.6 Å². The quantitative estimate of drug-likeness (QED) is 0.464. The van der Waals surface area contributed by atoms with Crippen LogP contribution in [0.25, 0.3) is 33.0 Å². The molecule has 6 nitrogen and oxygen atoms in total. The van der Waals surface area contributed by atoms with Crippen LogP contribution in [-0.4, -0.2) is 25.1 Å². The van der Waals surface area contributed by atoms with Gasteiger partial charge in [-0.25, -0.2) is 15.0 Å². The van der Waals surface area contributed by atoms with Gasteiger partial charge in [-0.2, -0.15) is 5.10 Å². The lowest BCUT2D eigenvalue weighted by Crippen LogP contribution is -2.01. The number of H-pyrrole nitrogens is 1. The molecule has 0 aliphatic heterocycles. The summed E-state index contributed by atoms with van der Waals surface area (Å²) in [5, 5.41) is 12.5. The number of nitrogens with one attached hydrogen (secondary N) is 2. The van der Waals surface area contributed by atoms with Crippen LogP contribution < -0.4 is 5.32 Å². The minimum Gasteiger partial charge on any atom is -0.366 e. The molecule has 0 atom stereocenters. The SMILES string of the molecule is c1ncc(-c2ccc(CNc3cc4cc(-c5cn[nH]c5)ccc4cn3)cc2)cn1. The molecule has 0 aliphatic carbocycles. The second-order valence-corrected chi connectivity index (χ2v) is 6.80. The van der Waals surface area contributed by atoms with Crippen molar-refractivity contribution in [1.29, 1.82) is 0 Å². The van der Waals surface area contributed by atoms with E-state index < -0.39 is 0 Å². The highest BCUT2D eigenvalue weighted by atomic mass is 15.1. The van der Waals surface area contributed by atoms with Gasteiger partial charge in [0, 0.05) is 47.8 Å². The van der Waals surface area contributed by atoms with Crippen LogP contribution in [0.15, 0.2) is 85.8 Å². The number of pyridine rings is 1. The van der Waals surface area contributed by atoms with Crippen molar-refractivity contribution in [2.75, 3.05) is 5.32 Å². The Morgan fingerprint density at radius 3 is 2.34 bits per heavy atom. The number of hydrogen-bond donors (Lipinski definition) is 2. The van der Waals surface area contributed by atoms with Gasteiger partial charge in [0.05, 0.1) is 6.20 Å². The van der Waals surface area contributed by atoms with Gasteiger partial charge in [-0.1, -0.05) is 36.4 Å². The minimum atomic E-state index is 0.700. The summed E-state index contributed by atoms with van der Waals surface area (Å²) in [6.07, 6.45) is 10.8. The number of hydrogen-bond acceptors (Lipinski definition) is 5. The molecule has 0 fully saturated rings. The van der Waals surface area contributed by atoms with Gasteiger partial charge in [0.1, 0.15) is 12.1 Å². The lowest BCUT2D eigenvalue weighted by molar-refractivity contribution is 1.09. The predicted octanol–water partition coefficient (Wildman–Crippen LogP) is 4.69. The predicted molar refractivity (Wildman–Crippen MR) is 114 cm³/mol. The highest BCUT2D eigenvalue weighted by molar-refractivity contribution is 5.88. The largest absolute Gasteiger partial charge is 0.366 e. The van der Waals surface area contributed by atoms with E-state index in [1.165, 1.54) is 11.9 Å². The van der Waals surface area contributed by atoms with Crippen LogP contribution in [-0.2, 0) is 6.54 Å². The third-order valence-electron chi connectivity index (χ3n) is 4.87. The first-order valence-electron chi connectivity index (χ1n) is 9.32. The van der Waals surface area contributed by atoms with Gasteiger partial charge >= 0.3 is 0 Å². The molecule has 2 N–H and O–H groups in total. The zero-order valence-corrected chi connectivity index (χ0v) is 15.6. The molecule has 0 saturated carbocycles. The molecule has 29 heavy (non-hydrogen) atoms. The summed E-state index contributed by atoms with van der Waals surface area (Å²) in [5.41, 5.74) is 5.49. The molecule has 2 aromatic carbocycles. The average Bonchev–Trinajstić information content (AvgIpc) is 3.33. The Morgan fingerprint density at radius 1 is 0.724 bits per heavy atom. The summed E-state index contributed by atoms with van der Waals surface area (Å²) in [6.45, 7) is 0.700. The van der Waals surface area contributed by atoms with Crippen LogP contribution in [0.5, 0.6) is 0 Å². The fraction of sp³-hybridized carbons (Fsp3) is 0.0435. The fourth-order valence-electron chi connectivity index (χ4n) is 3.28. The Hall–Kier alpha value is -4.06. The van der Waals surface area contributed by atoms with E-state index in [0.717, 1.165) is 38.8 Å². The molecular formula is C23H18N6. The number of nitrogens with zero attached hydrogens (tertiary/aromatic N) is 4. The Balaban J connectivity index is 1.32. The van der Waals surface area contributed by atoms with Crippen LogP contribution in [0.4, 0.5) is 5.82 Å². The highest BCUT2D eigenvalue weighted by Gasteiger charge is 2.04. The number of rotatable bonds is 5. The van der Waals surface area contributed by atoms with E-state index in [-0.39, 0.29) is 0 Å². The Labute approximate surface area is 167 Å². The van der Waals surface area contributed by atoms with Crippen molar-refractivity contribution in [2.24, 2.45) is 0 Å². The van der Waals surface area contributed by atoms with Crippen LogP contribution in [0.3, 0.4) is 0 Å². The highest BCUT2D eigenvalue weighted by Crippen LogP contribution is 2.25.